The maximum Gasteiger partial charge on any atom is 0.0835 e. The summed E-state index contributed by atoms with van der Waals surface area (Å²) in [6.07, 6.45) is 2.75. The average Bonchev–Trinajstić information content (AvgIpc) is 2.79. The van der Waals surface area contributed by atoms with Gasteiger partial charge in [-0.25, -0.2) is 0 Å². The minimum atomic E-state index is 0.0618. The van der Waals surface area contributed by atoms with E-state index in [4.69, 9.17) is 21.1 Å². The summed E-state index contributed by atoms with van der Waals surface area (Å²) in [5.41, 5.74) is 0.995. The fourth-order valence-corrected chi connectivity index (χ4v) is 2.14. The summed E-state index contributed by atoms with van der Waals surface area (Å²) in [4.78, 5) is 0. The Hall–Kier alpha value is -0.620. The molecule has 0 aliphatic carbocycles. The van der Waals surface area contributed by atoms with Crippen LogP contribution in [0.2, 0.25) is 5.02 Å². The molecular weight excluding hydrogens is 266 g/mol. The number of aromatic nitrogens is 2. The Bertz CT molecular complexity index is 358. The van der Waals surface area contributed by atoms with Gasteiger partial charge in [0.15, 0.2) is 0 Å². The summed E-state index contributed by atoms with van der Waals surface area (Å²) < 4.78 is 12.5. The second-order valence-corrected chi connectivity index (χ2v) is 4.68. The Kier molecular flexibility index (Phi) is 8.05. The number of nitrogens with zero attached hydrogens (tertiary/aromatic N) is 2. The van der Waals surface area contributed by atoms with Crippen molar-refractivity contribution in [1.82, 2.24) is 15.1 Å². The molecule has 0 aromatic carbocycles. The molecule has 0 aliphatic heterocycles. The van der Waals surface area contributed by atoms with Gasteiger partial charge < -0.3 is 14.8 Å². The maximum atomic E-state index is 6.23. The zero-order valence-corrected chi connectivity index (χ0v) is 12.7. The van der Waals surface area contributed by atoms with Gasteiger partial charge >= 0.3 is 0 Å². The van der Waals surface area contributed by atoms with Crippen LogP contribution in [0.1, 0.15) is 32.0 Å². The largest absolute Gasteiger partial charge is 0.382 e. The van der Waals surface area contributed by atoms with Gasteiger partial charge in [-0.15, -0.1) is 0 Å². The molecule has 0 amide bonds. The highest BCUT2D eigenvalue weighted by molar-refractivity contribution is 6.31. The molecule has 1 aromatic rings. The van der Waals surface area contributed by atoms with E-state index < -0.39 is 0 Å². The molecule has 0 saturated carbocycles. The summed E-state index contributed by atoms with van der Waals surface area (Å²) in [5, 5.41) is 8.41. The normalized spacial score (nSPS) is 12.8. The SMILES string of the molecule is CCCNC(COCCOC)c1c(Cl)cnn1CC. The number of rotatable bonds is 10. The van der Waals surface area contributed by atoms with Gasteiger partial charge in [-0.05, 0) is 19.9 Å². The predicted molar refractivity (Wildman–Crippen MR) is 76.6 cm³/mol. The van der Waals surface area contributed by atoms with Gasteiger partial charge in [0.2, 0.25) is 0 Å². The molecule has 1 rings (SSSR count). The molecule has 1 heterocycles. The van der Waals surface area contributed by atoms with Gasteiger partial charge in [0, 0.05) is 13.7 Å². The first-order chi connectivity index (χ1) is 9.24. The van der Waals surface area contributed by atoms with Crippen LogP contribution < -0.4 is 5.32 Å². The monoisotopic (exact) mass is 289 g/mol. The summed E-state index contributed by atoms with van der Waals surface area (Å²) in [5.74, 6) is 0. The van der Waals surface area contributed by atoms with E-state index in [0.717, 1.165) is 25.2 Å². The number of hydrogen-bond donors (Lipinski definition) is 1. The summed E-state index contributed by atoms with van der Waals surface area (Å²) in [7, 11) is 1.67. The lowest BCUT2D eigenvalue weighted by Gasteiger charge is -2.20. The highest BCUT2D eigenvalue weighted by Gasteiger charge is 2.19. The Labute approximate surface area is 120 Å². The Balaban J connectivity index is 2.68. The first kappa shape index (κ1) is 16.4. The van der Waals surface area contributed by atoms with Crippen molar-refractivity contribution in [2.75, 3.05) is 33.5 Å². The standard InChI is InChI=1S/C13H24ClN3O2/c1-4-6-15-12(10-19-8-7-18-3)13-11(14)9-16-17(13)5-2/h9,12,15H,4-8,10H2,1-3H3. The molecule has 0 spiro atoms. The number of aryl methyl sites for hydroxylation is 1. The van der Waals surface area contributed by atoms with Gasteiger partial charge in [-0.1, -0.05) is 18.5 Å². The van der Waals surface area contributed by atoms with Crippen molar-refractivity contribution < 1.29 is 9.47 Å². The first-order valence-corrected chi connectivity index (χ1v) is 7.13. The van der Waals surface area contributed by atoms with E-state index in [-0.39, 0.29) is 6.04 Å². The van der Waals surface area contributed by atoms with Crippen LogP contribution in [0.3, 0.4) is 0 Å². The molecule has 1 unspecified atom stereocenters. The zero-order valence-electron chi connectivity index (χ0n) is 12.0. The summed E-state index contributed by atoms with van der Waals surface area (Å²) in [6, 6.07) is 0.0618. The number of methoxy groups -OCH3 is 1. The fourth-order valence-electron chi connectivity index (χ4n) is 1.87. The molecule has 0 fully saturated rings. The minimum Gasteiger partial charge on any atom is -0.382 e. The third-order valence-electron chi connectivity index (χ3n) is 2.82. The van der Waals surface area contributed by atoms with Crippen LogP contribution in [-0.2, 0) is 16.0 Å². The average molecular weight is 290 g/mol. The smallest absolute Gasteiger partial charge is 0.0835 e. The van der Waals surface area contributed by atoms with Gasteiger partial charge in [-0.2, -0.15) is 5.10 Å². The molecule has 0 saturated heterocycles. The van der Waals surface area contributed by atoms with Crippen LogP contribution in [0.5, 0.6) is 0 Å². The summed E-state index contributed by atoms with van der Waals surface area (Å²) in [6.45, 7) is 7.65. The molecule has 1 aromatic heterocycles. The van der Waals surface area contributed by atoms with Gasteiger partial charge in [0.25, 0.3) is 0 Å². The van der Waals surface area contributed by atoms with Gasteiger partial charge in [0.1, 0.15) is 0 Å². The van der Waals surface area contributed by atoms with E-state index in [1.165, 1.54) is 0 Å². The van der Waals surface area contributed by atoms with E-state index in [2.05, 4.69) is 24.3 Å². The molecule has 0 bridgehead atoms. The Morgan fingerprint density at radius 1 is 1.42 bits per heavy atom. The second-order valence-electron chi connectivity index (χ2n) is 4.27. The number of ether oxygens (including phenoxy) is 2. The third kappa shape index (κ3) is 5.10. The van der Waals surface area contributed by atoms with Gasteiger partial charge in [0.05, 0.1) is 42.8 Å². The van der Waals surface area contributed by atoms with Crippen LogP contribution >= 0.6 is 11.6 Å². The van der Waals surface area contributed by atoms with Crippen molar-refractivity contribution in [2.24, 2.45) is 0 Å². The van der Waals surface area contributed by atoms with Crippen LogP contribution in [0.25, 0.3) is 0 Å². The van der Waals surface area contributed by atoms with E-state index >= 15 is 0 Å². The lowest BCUT2D eigenvalue weighted by Crippen LogP contribution is -2.29. The molecule has 1 N–H and O–H groups in total. The highest BCUT2D eigenvalue weighted by Crippen LogP contribution is 2.23. The number of nitrogens with one attached hydrogen (secondary N) is 1. The lowest BCUT2D eigenvalue weighted by molar-refractivity contribution is 0.0574. The lowest BCUT2D eigenvalue weighted by atomic mass is 10.2. The molecule has 1 atom stereocenters. The van der Waals surface area contributed by atoms with Crippen molar-refractivity contribution in [1.29, 1.82) is 0 Å². The van der Waals surface area contributed by atoms with E-state index in [9.17, 15) is 0 Å². The Morgan fingerprint density at radius 2 is 2.21 bits per heavy atom. The molecule has 6 heteroatoms. The minimum absolute atomic E-state index is 0.0618. The molecule has 110 valence electrons. The van der Waals surface area contributed by atoms with Crippen LogP contribution in [0.4, 0.5) is 0 Å². The zero-order chi connectivity index (χ0) is 14.1. The van der Waals surface area contributed by atoms with Crippen LogP contribution in [0.15, 0.2) is 6.20 Å². The highest BCUT2D eigenvalue weighted by atomic mass is 35.5. The van der Waals surface area contributed by atoms with Crippen molar-refractivity contribution in [2.45, 2.75) is 32.9 Å². The molecule has 0 aliphatic rings. The van der Waals surface area contributed by atoms with Crippen molar-refractivity contribution >= 4 is 11.6 Å². The molecule has 0 radical (unpaired) electrons. The van der Waals surface area contributed by atoms with Crippen LogP contribution in [0, 0.1) is 0 Å². The van der Waals surface area contributed by atoms with Crippen molar-refractivity contribution in [3.05, 3.63) is 16.9 Å². The molecule has 19 heavy (non-hydrogen) atoms. The number of hydrogen-bond acceptors (Lipinski definition) is 4. The fraction of sp³-hybridized carbons (Fsp3) is 0.769. The Morgan fingerprint density at radius 3 is 2.84 bits per heavy atom. The quantitative estimate of drug-likeness (QED) is 0.671. The van der Waals surface area contributed by atoms with Crippen molar-refractivity contribution in [3.63, 3.8) is 0 Å². The van der Waals surface area contributed by atoms with E-state index in [0.29, 0.717) is 24.8 Å². The van der Waals surface area contributed by atoms with Crippen LogP contribution in [-0.4, -0.2) is 43.3 Å². The van der Waals surface area contributed by atoms with Crippen molar-refractivity contribution in [3.8, 4) is 0 Å². The summed E-state index contributed by atoms with van der Waals surface area (Å²) >= 11 is 6.23. The first-order valence-electron chi connectivity index (χ1n) is 6.75. The van der Waals surface area contributed by atoms with E-state index in [1.54, 1.807) is 13.3 Å². The second kappa shape index (κ2) is 9.31. The number of halogens is 1. The molecular formula is C13H24ClN3O2. The maximum absolute atomic E-state index is 6.23. The topological polar surface area (TPSA) is 48.3 Å². The third-order valence-corrected chi connectivity index (χ3v) is 3.11. The van der Waals surface area contributed by atoms with E-state index in [1.807, 2.05) is 4.68 Å². The predicted octanol–water partition coefficient (Wildman–Crippen LogP) is 2.26. The van der Waals surface area contributed by atoms with Gasteiger partial charge in [-0.3, -0.25) is 4.68 Å². The molecule has 5 nitrogen and oxygen atoms in total.